The first kappa shape index (κ1) is 17.1. The molecule has 3 heteroatoms. The second-order valence-corrected chi connectivity index (χ2v) is 6.75. The second kappa shape index (κ2) is 8.37. The number of rotatable bonds is 6. The van der Waals surface area contributed by atoms with Crippen LogP contribution in [0.15, 0.2) is 110 Å². The molecule has 0 bridgehead atoms. The molecule has 0 N–H and O–H groups in total. The third-order valence-corrected chi connectivity index (χ3v) is 4.67. The average molecular weight is 354 g/mol. The van der Waals surface area contributed by atoms with Crippen LogP contribution in [0.5, 0.6) is 0 Å². The Bertz CT molecular complexity index is 984. The van der Waals surface area contributed by atoms with E-state index < -0.39 is 0 Å². The quantitative estimate of drug-likeness (QED) is 0.472. The van der Waals surface area contributed by atoms with Gasteiger partial charge >= 0.3 is 0 Å². The highest BCUT2D eigenvalue weighted by atomic mass is 14.9. The summed E-state index contributed by atoms with van der Waals surface area (Å²) < 4.78 is 6.66. The largest absolute Gasteiger partial charge is 0.201 e. The van der Waals surface area contributed by atoms with Crippen molar-refractivity contribution in [1.29, 1.82) is 0 Å². The Morgan fingerprint density at radius 3 is 1.41 bits per heavy atom. The maximum atomic E-state index is 2.35. The molecule has 0 aliphatic heterocycles. The fourth-order valence-corrected chi connectivity index (χ4v) is 3.30. The predicted octanol–water partition coefficient (Wildman–Crippen LogP) is 2.69. The van der Waals surface area contributed by atoms with E-state index in [0.29, 0.717) is 0 Å². The van der Waals surface area contributed by atoms with E-state index in [9.17, 15) is 0 Å². The summed E-state index contributed by atoms with van der Waals surface area (Å²) in [6, 6.07) is 25.5. The van der Waals surface area contributed by atoms with Gasteiger partial charge in [-0.1, -0.05) is 30.3 Å². The van der Waals surface area contributed by atoms with Crippen molar-refractivity contribution in [2.45, 2.75) is 19.6 Å². The molecule has 1 aromatic carbocycles. The van der Waals surface area contributed by atoms with Crippen molar-refractivity contribution >= 4 is 0 Å². The highest BCUT2D eigenvalue weighted by Crippen LogP contribution is 2.12. The number of benzene rings is 1. The highest BCUT2D eigenvalue weighted by Gasteiger charge is 2.14. The van der Waals surface area contributed by atoms with Gasteiger partial charge in [-0.05, 0) is 6.07 Å². The van der Waals surface area contributed by atoms with Gasteiger partial charge in [-0.3, -0.25) is 0 Å². The van der Waals surface area contributed by atoms with Crippen LogP contribution < -0.4 is 13.7 Å². The molecule has 3 heterocycles. The molecule has 0 atom stereocenters. The number of aromatic nitrogens is 3. The summed E-state index contributed by atoms with van der Waals surface area (Å²) in [5.41, 5.74) is 4.03. The summed E-state index contributed by atoms with van der Waals surface area (Å²) in [5, 5.41) is 0. The smallest absolute Gasteiger partial charge is 0.174 e. The van der Waals surface area contributed by atoms with Crippen molar-refractivity contribution in [1.82, 2.24) is 0 Å². The van der Waals surface area contributed by atoms with E-state index in [2.05, 4.69) is 118 Å². The zero-order chi connectivity index (χ0) is 18.3. The topological polar surface area (TPSA) is 11.6 Å². The average Bonchev–Trinajstić information content (AvgIpc) is 2.72. The summed E-state index contributed by atoms with van der Waals surface area (Å²) >= 11 is 0. The van der Waals surface area contributed by atoms with Crippen molar-refractivity contribution in [3.8, 4) is 0 Å². The van der Waals surface area contributed by atoms with E-state index in [0.717, 1.165) is 19.6 Å². The Balaban J connectivity index is 1.65. The van der Waals surface area contributed by atoms with Crippen molar-refractivity contribution in [2.24, 2.45) is 0 Å². The van der Waals surface area contributed by atoms with Crippen LogP contribution in [0, 0.1) is 0 Å². The maximum Gasteiger partial charge on any atom is 0.174 e. The summed E-state index contributed by atoms with van der Waals surface area (Å²) in [6.45, 7) is 2.63. The summed E-state index contributed by atoms with van der Waals surface area (Å²) in [6.07, 6.45) is 12.7. The molecule has 4 aromatic rings. The van der Waals surface area contributed by atoms with Crippen LogP contribution in [0.4, 0.5) is 0 Å². The lowest BCUT2D eigenvalue weighted by molar-refractivity contribution is -0.693. The van der Waals surface area contributed by atoms with Crippen LogP contribution in [0.25, 0.3) is 0 Å². The van der Waals surface area contributed by atoms with Crippen molar-refractivity contribution in [2.75, 3.05) is 0 Å². The fraction of sp³-hybridized carbons (Fsp3) is 0.125. The Morgan fingerprint density at radius 1 is 0.444 bits per heavy atom. The molecule has 27 heavy (non-hydrogen) atoms. The van der Waals surface area contributed by atoms with E-state index >= 15 is 0 Å². The minimum atomic E-state index is 0.872. The molecule has 4 rings (SSSR count). The molecular weight excluding hydrogens is 330 g/mol. The molecular formula is C24H24N3+3. The van der Waals surface area contributed by atoms with Gasteiger partial charge in [0, 0.05) is 53.1 Å². The molecule has 0 aliphatic rings. The van der Waals surface area contributed by atoms with E-state index in [1.54, 1.807) is 0 Å². The number of nitrogens with zero attached hydrogens (tertiary/aromatic N) is 3. The number of hydrogen-bond donors (Lipinski definition) is 0. The maximum absolute atomic E-state index is 2.35. The van der Waals surface area contributed by atoms with Gasteiger partial charge in [-0.25, -0.2) is 13.7 Å². The molecule has 0 amide bonds. The van der Waals surface area contributed by atoms with Gasteiger partial charge in [-0.15, -0.1) is 0 Å². The van der Waals surface area contributed by atoms with Gasteiger partial charge in [0.2, 0.25) is 0 Å². The van der Waals surface area contributed by atoms with Crippen LogP contribution in [0.3, 0.4) is 0 Å². The first-order valence-electron chi connectivity index (χ1n) is 9.30. The van der Waals surface area contributed by atoms with Crippen molar-refractivity contribution < 1.29 is 13.7 Å². The molecule has 3 nitrogen and oxygen atoms in total. The molecule has 0 aliphatic carbocycles. The Kier molecular flexibility index (Phi) is 5.30. The fourth-order valence-electron chi connectivity index (χ4n) is 3.30. The number of hydrogen-bond acceptors (Lipinski definition) is 0. The lowest BCUT2D eigenvalue weighted by Gasteiger charge is -2.07. The lowest BCUT2D eigenvalue weighted by Crippen LogP contribution is -2.37. The molecule has 0 fully saturated rings. The molecule has 132 valence electrons. The third-order valence-electron chi connectivity index (χ3n) is 4.67. The summed E-state index contributed by atoms with van der Waals surface area (Å²) in [5.74, 6) is 0. The SMILES string of the molecule is c1cc[n+](Cc2ccc(C[n+]3ccccc3)c(C[n+]3ccccc3)c2)cc1. The normalized spacial score (nSPS) is 10.7. The van der Waals surface area contributed by atoms with Crippen LogP contribution in [0.2, 0.25) is 0 Å². The van der Waals surface area contributed by atoms with Gasteiger partial charge in [-0.2, -0.15) is 0 Å². The molecule has 3 aromatic heterocycles. The highest BCUT2D eigenvalue weighted by molar-refractivity contribution is 5.31. The number of pyridine rings is 3. The molecule has 0 spiro atoms. The lowest BCUT2D eigenvalue weighted by atomic mass is 10.0. The molecule has 0 unspecified atom stereocenters. The third kappa shape index (κ3) is 4.64. The van der Waals surface area contributed by atoms with Gasteiger partial charge in [0.25, 0.3) is 0 Å². The van der Waals surface area contributed by atoms with Crippen LogP contribution in [-0.4, -0.2) is 0 Å². The second-order valence-electron chi connectivity index (χ2n) is 6.75. The Labute approximate surface area is 160 Å². The van der Waals surface area contributed by atoms with E-state index in [1.165, 1.54) is 16.7 Å². The predicted molar refractivity (Wildman–Crippen MR) is 104 cm³/mol. The zero-order valence-electron chi connectivity index (χ0n) is 15.4. The summed E-state index contributed by atoms with van der Waals surface area (Å²) in [4.78, 5) is 0. The molecule has 0 saturated carbocycles. The van der Waals surface area contributed by atoms with Gasteiger partial charge in [0.05, 0.1) is 0 Å². The first-order chi connectivity index (χ1) is 13.4. The van der Waals surface area contributed by atoms with Gasteiger partial charge < -0.3 is 0 Å². The monoisotopic (exact) mass is 354 g/mol. The van der Waals surface area contributed by atoms with E-state index in [-0.39, 0.29) is 0 Å². The van der Waals surface area contributed by atoms with Gasteiger partial charge in [0.15, 0.2) is 56.8 Å². The van der Waals surface area contributed by atoms with Gasteiger partial charge in [0.1, 0.15) is 0 Å². The standard InChI is InChI=1S/C24H24N3/c1-4-12-25(13-5-1)19-22-10-11-23(20-26-14-6-2-7-15-26)24(18-22)21-27-16-8-3-9-17-27/h1-18H,19-21H2/q+3. The first-order valence-corrected chi connectivity index (χ1v) is 9.30. The molecule has 0 saturated heterocycles. The minimum absolute atomic E-state index is 0.872. The Morgan fingerprint density at radius 2 is 0.889 bits per heavy atom. The summed E-state index contributed by atoms with van der Waals surface area (Å²) in [7, 11) is 0. The van der Waals surface area contributed by atoms with Crippen LogP contribution in [-0.2, 0) is 19.6 Å². The van der Waals surface area contributed by atoms with Crippen LogP contribution >= 0.6 is 0 Å². The van der Waals surface area contributed by atoms with Crippen molar-refractivity contribution in [3.05, 3.63) is 127 Å². The van der Waals surface area contributed by atoms with E-state index in [4.69, 9.17) is 0 Å². The van der Waals surface area contributed by atoms with Crippen molar-refractivity contribution in [3.63, 3.8) is 0 Å². The Hall–Kier alpha value is -3.33. The minimum Gasteiger partial charge on any atom is -0.201 e. The van der Waals surface area contributed by atoms with Crippen LogP contribution in [0.1, 0.15) is 16.7 Å². The zero-order valence-corrected chi connectivity index (χ0v) is 15.4. The molecule has 0 radical (unpaired) electrons. The van der Waals surface area contributed by atoms with E-state index in [1.807, 2.05) is 6.07 Å².